The normalized spacial score (nSPS) is 11.3. The van der Waals surface area contributed by atoms with E-state index in [0.29, 0.717) is 13.2 Å². The third-order valence-electron chi connectivity index (χ3n) is 5.40. The van der Waals surface area contributed by atoms with Crippen molar-refractivity contribution in [1.82, 2.24) is 0 Å². The summed E-state index contributed by atoms with van der Waals surface area (Å²) in [4.78, 5) is 0. The van der Waals surface area contributed by atoms with Gasteiger partial charge in [0.1, 0.15) is 0 Å². The van der Waals surface area contributed by atoms with Gasteiger partial charge in [-0.25, -0.2) is 0 Å². The first-order valence-electron chi connectivity index (χ1n) is 11.5. The van der Waals surface area contributed by atoms with Crippen molar-refractivity contribution in [2.45, 2.75) is 13.2 Å². The maximum absolute atomic E-state index is 6.44. The number of rotatable bonds is 10. The topological polar surface area (TPSA) is 31.3 Å². The van der Waals surface area contributed by atoms with Gasteiger partial charge in [0.2, 0.25) is 0 Å². The van der Waals surface area contributed by atoms with E-state index in [0.717, 1.165) is 11.5 Å². The summed E-state index contributed by atoms with van der Waals surface area (Å²) < 4.78 is 17.7. The van der Waals surface area contributed by atoms with Crippen LogP contribution in [0, 0.1) is 0 Å². The molecule has 5 heteroatoms. The standard InChI is InChI=1S/C30H26O3P2/c1-5-13-27(14-6-1)34(28-15-7-2-8-16-28)31-23-25-21-22-26(33-25)24-32-35(29-17-9-3-10-18-29)30-19-11-4-12-20-30/h1-22H,23-24H2/p+1. The quantitative estimate of drug-likeness (QED) is 0.163. The predicted molar refractivity (Wildman–Crippen MR) is 148 cm³/mol. The summed E-state index contributed by atoms with van der Waals surface area (Å²) in [6, 6.07) is 45.7. The Labute approximate surface area is 209 Å². The summed E-state index contributed by atoms with van der Waals surface area (Å²) in [5.41, 5.74) is 0. The Morgan fingerprint density at radius 1 is 0.400 bits per heavy atom. The molecule has 0 saturated heterocycles. The van der Waals surface area contributed by atoms with Crippen LogP contribution in [0.15, 0.2) is 138 Å². The molecule has 1 aromatic heterocycles. The Hall–Kier alpha value is -3.06. The molecule has 174 valence electrons. The maximum Gasteiger partial charge on any atom is 0.262 e. The van der Waals surface area contributed by atoms with E-state index < -0.39 is 16.3 Å². The highest BCUT2D eigenvalue weighted by Gasteiger charge is 2.20. The summed E-state index contributed by atoms with van der Waals surface area (Å²) in [7, 11) is -1.82. The van der Waals surface area contributed by atoms with E-state index in [1.165, 1.54) is 21.2 Å². The minimum absolute atomic E-state index is 0.460. The van der Waals surface area contributed by atoms with Crippen LogP contribution >= 0.6 is 16.3 Å². The summed E-state index contributed by atoms with van der Waals surface area (Å²) >= 11 is 0. The number of furan rings is 1. The molecule has 0 amide bonds. The molecule has 0 fully saturated rings. The molecule has 0 radical (unpaired) electrons. The Balaban J connectivity index is 1.26. The number of benzene rings is 4. The lowest BCUT2D eigenvalue weighted by Crippen LogP contribution is -2.13. The largest absolute Gasteiger partial charge is 0.549 e. The van der Waals surface area contributed by atoms with Crippen LogP contribution in [0.4, 0.5) is 0 Å². The minimum atomic E-state index is -0.912. The molecule has 35 heavy (non-hydrogen) atoms. The third-order valence-corrected chi connectivity index (χ3v) is 9.24. The molecule has 3 nitrogen and oxygen atoms in total. The molecule has 0 aliphatic rings. The van der Waals surface area contributed by atoms with Crippen LogP contribution in [0.5, 0.6) is 0 Å². The van der Waals surface area contributed by atoms with Gasteiger partial charge in [0.25, 0.3) is 11.5 Å². The lowest BCUT2D eigenvalue weighted by atomic mass is 10.4. The van der Waals surface area contributed by atoms with Crippen LogP contribution in [0.25, 0.3) is 0 Å². The molecule has 0 atom stereocenters. The SMILES string of the molecule is c1ccc(P(OCc2ccc(COP(c3ccccc3)c3ccccc3)[oH+]2)c2ccccc2)cc1. The second-order valence-corrected chi connectivity index (χ2v) is 11.7. The molecule has 0 unspecified atom stereocenters. The zero-order valence-corrected chi connectivity index (χ0v) is 21.1. The molecule has 1 N–H and O–H groups in total. The number of hydrogen-bond donors (Lipinski definition) is 0. The Morgan fingerprint density at radius 2 is 0.686 bits per heavy atom. The van der Waals surface area contributed by atoms with E-state index in [4.69, 9.17) is 13.5 Å². The van der Waals surface area contributed by atoms with E-state index in [1.54, 1.807) is 0 Å². The molecule has 5 aromatic rings. The van der Waals surface area contributed by atoms with Crippen molar-refractivity contribution in [3.05, 3.63) is 145 Å². The van der Waals surface area contributed by atoms with Crippen LogP contribution in [0.3, 0.4) is 0 Å². The highest BCUT2D eigenvalue weighted by molar-refractivity contribution is 7.68. The van der Waals surface area contributed by atoms with Gasteiger partial charge in [-0.1, -0.05) is 121 Å². The van der Waals surface area contributed by atoms with Gasteiger partial charge in [-0.15, -0.1) is 0 Å². The first-order valence-corrected chi connectivity index (χ1v) is 14.1. The molecule has 0 aliphatic carbocycles. The van der Waals surface area contributed by atoms with Gasteiger partial charge in [0.05, 0.1) is 16.3 Å². The summed E-state index contributed by atoms with van der Waals surface area (Å²) in [5, 5.41) is 4.78. The highest BCUT2D eigenvalue weighted by Crippen LogP contribution is 2.37. The van der Waals surface area contributed by atoms with Crippen molar-refractivity contribution in [2.75, 3.05) is 0 Å². The predicted octanol–water partition coefficient (Wildman–Crippen LogP) is 6.52. The van der Waals surface area contributed by atoms with Crippen molar-refractivity contribution < 1.29 is 13.5 Å². The lowest BCUT2D eigenvalue weighted by molar-refractivity contribution is 0.265. The molecular formula is C30H27O3P2+. The minimum Gasteiger partial charge on any atom is -0.549 e. The highest BCUT2D eigenvalue weighted by atomic mass is 31.1. The van der Waals surface area contributed by atoms with Crippen LogP contribution in [0.1, 0.15) is 11.5 Å². The monoisotopic (exact) mass is 497 g/mol. The molecule has 4 aromatic carbocycles. The van der Waals surface area contributed by atoms with Gasteiger partial charge in [-0.05, 0) is 0 Å². The maximum atomic E-state index is 6.44. The van der Waals surface area contributed by atoms with Gasteiger partial charge >= 0.3 is 0 Å². The smallest absolute Gasteiger partial charge is 0.262 e. The van der Waals surface area contributed by atoms with E-state index >= 15 is 0 Å². The van der Waals surface area contributed by atoms with Crippen LogP contribution in [0.2, 0.25) is 0 Å². The van der Waals surface area contributed by atoms with Crippen molar-refractivity contribution in [2.24, 2.45) is 0 Å². The van der Waals surface area contributed by atoms with Crippen LogP contribution < -0.4 is 21.2 Å². The zero-order chi connectivity index (χ0) is 23.7. The molecule has 0 bridgehead atoms. The van der Waals surface area contributed by atoms with Gasteiger partial charge in [-0.2, -0.15) is 0 Å². The fourth-order valence-corrected chi connectivity index (χ4v) is 7.21. The van der Waals surface area contributed by atoms with Crippen molar-refractivity contribution in [1.29, 1.82) is 0 Å². The lowest BCUT2D eigenvalue weighted by Gasteiger charge is -2.17. The molecular weight excluding hydrogens is 470 g/mol. The summed E-state index contributed by atoms with van der Waals surface area (Å²) in [6.45, 7) is 0.920. The molecule has 1 heterocycles. The summed E-state index contributed by atoms with van der Waals surface area (Å²) in [6.07, 6.45) is 0. The second-order valence-electron chi connectivity index (χ2n) is 7.91. The van der Waals surface area contributed by atoms with Gasteiger partial charge in [-0.3, -0.25) is 0 Å². The van der Waals surface area contributed by atoms with E-state index in [2.05, 4.69) is 97.1 Å². The first kappa shape index (κ1) is 23.7. The number of hydrogen-bond acceptors (Lipinski definition) is 2. The fraction of sp³-hybridized carbons (Fsp3) is 0.0667. The average Bonchev–Trinajstić information content (AvgIpc) is 3.39. The molecule has 0 aliphatic heterocycles. The van der Waals surface area contributed by atoms with Gasteiger partial charge in [0.15, 0.2) is 13.2 Å². The van der Waals surface area contributed by atoms with Crippen molar-refractivity contribution in [3.8, 4) is 0 Å². The second kappa shape index (κ2) is 12.1. The Bertz CT molecular complexity index is 1110. The van der Waals surface area contributed by atoms with Crippen molar-refractivity contribution in [3.63, 3.8) is 0 Å². The van der Waals surface area contributed by atoms with Gasteiger partial charge < -0.3 is 13.5 Å². The van der Waals surface area contributed by atoms with E-state index in [9.17, 15) is 0 Å². The Kier molecular flexibility index (Phi) is 8.16. The Morgan fingerprint density at radius 3 is 0.971 bits per heavy atom. The first-order chi connectivity index (χ1) is 17.4. The molecule has 0 saturated carbocycles. The van der Waals surface area contributed by atoms with Crippen LogP contribution in [-0.4, -0.2) is 0 Å². The van der Waals surface area contributed by atoms with E-state index in [1.807, 2.05) is 36.4 Å². The average molecular weight is 497 g/mol. The van der Waals surface area contributed by atoms with E-state index in [-0.39, 0.29) is 0 Å². The van der Waals surface area contributed by atoms with Crippen molar-refractivity contribution >= 4 is 37.5 Å². The van der Waals surface area contributed by atoms with Gasteiger partial charge in [0, 0.05) is 33.4 Å². The third kappa shape index (κ3) is 6.34. The zero-order valence-electron chi connectivity index (χ0n) is 19.3. The van der Waals surface area contributed by atoms with Crippen LogP contribution in [-0.2, 0) is 22.3 Å². The fourth-order valence-electron chi connectivity index (χ4n) is 3.72. The molecule has 5 rings (SSSR count). The summed E-state index contributed by atoms with van der Waals surface area (Å²) in [5.74, 6) is 1.85. The molecule has 0 spiro atoms.